The lowest BCUT2D eigenvalue weighted by Crippen LogP contribution is -2.38. The standard InChI is InChI=1S/C20H25N3O5S/c1-23(2)29(27,28)18-13-7-6-11-17(18)22-20(26)19(25)21-16(12-8-14-24)15-9-4-3-5-10-15/h3-7,9-11,13,16,24H,8,12,14H2,1-2H3,(H,21,25)(H,22,26)/t16-/m0/s1. The van der Waals surface area contributed by atoms with Crippen LogP contribution in [-0.2, 0) is 19.6 Å². The molecule has 0 aromatic heterocycles. The maximum Gasteiger partial charge on any atom is 0.313 e. The Labute approximate surface area is 170 Å². The van der Waals surface area contributed by atoms with Crippen molar-refractivity contribution in [1.82, 2.24) is 9.62 Å². The average molecular weight is 420 g/mol. The molecule has 0 unspecified atom stereocenters. The predicted molar refractivity (Wildman–Crippen MR) is 110 cm³/mol. The van der Waals surface area contributed by atoms with Crippen molar-refractivity contribution in [2.75, 3.05) is 26.0 Å². The van der Waals surface area contributed by atoms with Crippen LogP contribution in [0.1, 0.15) is 24.4 Å². The number of aliphatic hydroxyl groups excluding tert-OH is 1. The van der Waals surface area contributed by atoms with Gasteiger partial charge in [-0.05, 0) is 30.5 Å². The van der Waals surface area contributed by atoms with Gasteiger partial charge in [-0.2, -0.15) is 0 Å². The van der Waals surface area contributed by atoms with Gasteiger partial charge in [0.2, 0.25) is 10.0 Å². The number of carbonyl (C=O) groups excluding carboxylic acids is 2. The minimum absolute atomic E-state index is 0.0213. The van der Waals surface area contributed by atoms with Crippen LogP contribution in [0, 0.1) is 0 Å². The molecule has 0 aliphatic carbocycles. The highest BCUT2D eigenvalue weighted by Gasteiger charge is 2.25. The van der Waals surface area contributed by atoms with E-state index >= 15 is 0 Å². The molecule has 156 valence electrons. The molecule has 0 saturated carbocycles. The van der Waals surface area contributed by atoms with Gasteiger partial charge in [0.1, 0.15) is 4.90 Å². The first kappa shape index (κ1) is 22.5. The molecule has 9 heteroatoms. The highest BCUT2D eigenvalue weighted by molar-refractivity contribution is 7.89. The lowest BCUT2D eigenvalue weighted by atomic mass is 10.0. The van der Waals surface area contributed by atoms with Crippen LogP contribution in [0.15, 0.2) is 59.5 Å². The fraction of sp³-hybridized carbons (Fsp3) is 0.300. The Hall–Kier alpha value is -2.75. The Balaban J connectivity index is 2.18. The van der Waals surface area contributed by atoms with E-state index in [0.717, 1.165) is 9.87 Å². The molecule has 0 aliphatic heterocycles. The average Bonchev–Trinajstić information content (AvgIpc) is 2.71. The molecule has 2 rings (SSSR count). The molecule has 29 heavy (non-hydrogen) atoms. The van der Waals surface area contributed by atoms with Crippen LogP contribution in [0.2, 0.25) is 0 Å². The Morgan fingerprint density at radius 3 is 2.24 bits per heavy atom. The van der Waals surface area contributed by atoms with Gasteiger partial charge in [0.05, 0.1) is 11.7 Å². The molecule has 0 radical (unpaired) electrons. The molecule has 3 N–H and O–H groups in total. The van der Waals surface area contributed by atoms with Gasteiger partial charge in [0, 0.05) is 20.7 Å². The number of sulfonamides is 1. The van der Waals surface area contributed by atoms with Crippen molar-refractivity contribution in [3.8, 4) is 0 Å². The van der Waals surface area contributed by atoms with Crippen LogP contribution in [0.5, 0.6) is 0 Å². The zero-order chi connectivity index (χ0) is 21.4. The molecule has 0 spiro atoms. The summed E-state index contributed by atoms with van der Waals surface area (Å²) in [5.41, 5.74) is 0.825. The maximum atomic E-state index is 12.4. The van der Waals surface area contributed by atoms with Crippen molar-refractivity contribution >= 4 is 27.5 Å². The smallest absolute Gasteiger partial charge is 0.313 e. The number of hydrogen-bond donors (Lipinski definition) is 3. The number of hydrogen-bond acceptors (Lipinski definition) is 5. The van der Waals surface area contributed by atoms with Gasteiger partial charge in [0.25, 0.3) is 0 Å². The van der Waals surface area contributed by atoms with E-state index in [1.54, 1.807) is 6.07 Å². The highest BCUT2D eigenvalue weighted by Crippen LogP contribution is 2.23. The first-order chi connectivity index (χ1) is 13.8. The number of benzene rings is 2. The van der Waals surface area contributed by atoms with Crippen LogP contribution >= 0.6 is 0 Å². The summed E-state index contributed by atoms with van der Waals surface area (Å²) in [7, 11) is -1.04. The molecule has 2 amide bonds. The fourth-order valence-corrected chi connectivity index (χ4v) is 3.74. The zero-order valence-corrected chi connectivity index (χ0v) is 17.1. The number of nitrogens with zero attached hydrogens (tertiary/aromatic N) is 1. The van der Waals surface area contributed by atoms with E-state index in [0.29, 0.717) is 12.8 Å². The number of aliphatic hydroxyl groups is 1. The Morgan fingerprint density at radius 2 is 1.62 bits per heavy atom. The molecular formula is C20H25N3O5S. The number of nitrogens with one attached hydrogen (secondary N) is 2. The van der Waals surface area contributed by atoms with Gasteiger partial charge in [-0.25, -0.2) is 12.7 Å². The van der Waals surface area contributed by atoms with Crippen molar-refractivity contribution in [2.24, 2.45) is 0 Å². The molecule has 0 fully saturated rings. The van der Waals surface area contributed by atoms with Gasteiger partial charge >= 0.3 is 11.8 Å². The van der Waals surface area contributed by atoms with Crippen LogP contribution in [0.4, 0.5) is 5.69 Å². The molecule has 0 heterocycles. The third-order valence-electron chi connectivity index (χ3n) is 4.26. The van der Waals surface area contributed by atoms with E-state index in [-0.39, 0.29) is 17.2 Å². The highest BCUT2D eigenvalue weighted by atomic mass is 32.2. The van der Waals surface area contributed by atoms with E-state index < -0.39 is 27.9 Å². The lowest BCUT2D eigenvalue weighted by molar-refractivity contribution is -0.136. The monoisotopic (exact) mass is 419 g/mol. The quantitative estimate of drug-likeness (QED) is 0.561. The van der Waals surface area contributed by atoms with E-state index in [1.165, 1.54) is 32.3 Å². The Morgan fingerprint density at radius 1 is 1.00 bits per heavy atom. The molecule has 2 aromatic rings. The summed E-state index contributed by atoms with van der Waals surface area (Å²) in [4.78, 5) is 24.8. The number of carbonyl (C=O) groups is 2. The zero-order valence-electron chi connectivity index (χ0n) is 16.3. The minimum atomic E-state index is -3.80. The molecule has 0 bridgehead atoms. The molecule has 8 nitrogen and oxygen atoms in total. The Kier molecular flexibility index (Phi) is 7.89. The van der Waals surface area contributed by atoms with Gasteiger partial charge in [0.15, 0.2) is 0 Å². The van der Waals surface area contributed by atoms with Gasteiger partial charge in [-0.3, -0.25) is 9.59 Å². The van der Waals surface area contributed by atoms with Crippen LogP contribution < -0.4 is 10.6 Å². The molecule has 2 aromatic carbocycles. The third kappa shape index (κ3) is 5.86. The summed E-state index contributed by atoms with van der Waals surface area (Å²) in [6.07, 6.45) is 0.899. The van der Waals surface area contributed by atoms with Crippen molar-refractivity contribution < 1.29 is 23.1 Å². The molecule has 0 aliphatic rings. The first-order valence-electron chi connectivity index (χ1n) is 9.06. The maximum absolute atomic E-state index is 12.4. The summed E-state index contributed by atoms with van der Waals surface area (Å²) in [5, 5.41) is 14.1. The van der Waals surface area contributed by atoms with Gasteiger partial charge in [-0.1, -0.05) is 42.5 Å². The van der Waals surface area contributed by atoms with Crippen LogP contribution in [0.3, 0.4) is 0 Å². The van der Waals surface area contributed by atoms with E-state index in [1.807, 2.05) is 30.3 Å². The number of anilines is 1. The lowest BCUT2D eigenvalue weighted by Gasteiger charge is -2.19. The minimum Gasteiger partial charge on any atom is -0.396 e. The SMILES string of the molecule is CN(C)S(=O)(=O)c1ccccc1NC(=O)C(=O)N[C@@H](CCCO)c1ccccc1. The number of rotatable bonds is 8. The first-order valence-corrected chi connectivity index (χ1v) is 10.5. The summed E-state index contributed by atoms with van der Waals surface area (Å²) in [5.74, 6) is -1.87. The molecular weight excluding hydrogens is 394 g/mol. The van der Waals surface area contributed by atoms with Crippen molar-refractivity contribution in [1.29, 1.82) is 0 Å². The second kappa shape index (κ2) is 10.1. The largest absolute Gasteiger partial charge is 0.396 e. The third-order valence-corrected chi connectivity index (χ3v) is 6.13. The summed E-state index contributed by atoms with van der Waals surface area (Å²) < 4.78 is 25.9. The van der Waals surface area contributed by atoms with E-state index in [2.05, 4.69) is 10.6 Å². The fourth-order valence-electron chi connectivity index (χ4n) is 2.70. The summed E-state index contributed by atoms with van der Waals surface area (Å²) >= 11 is 0. The summed E-state index contributed by atoms with van der Waals surface area (Å²) in [6, 6.07) is 14.5. The van der Waals surface area contributed by atoms with Gasteiger partial charge < -0.3 is 15.7 Å². The van der Waals surface area contributed by atoms with E-state index in [4.69, 9.17) is 5.11 Å². The number of amides is 2. The summed E-state index contributed by atoms with van der Waals surface area (Å²) in [6.45, 7) is -0.0405. The van der Waals surface area contributed by atoms with Crippen molar-refractivity contribution in [2.45, 2.75) is 23.8 Å². The van der Waals surface area contributed by atoms with E-state index in [9.17, 15) is 18.0 Å². The normalized spacial score (nSPS) is 12.4. The topological polar surface area (TPSA) is 116 Å². The van der Waals surface area contributed by atoms with Crippen molar-refractivity contribution in [3.63, 3.8) is 0 Å². The predicted octanol–water partition coefficient (Wildman–Crippen LogP) is 1.51. The van der Waals surface area contributed by atoms with Gasteiger partial charge in [-0.15, -0.1) is 0 Å². The molecule has 1 atom stereocenters. The van der Waals surface area contributed by atoms with Crippen LogP contribution in [-0.4, -0.2) is 50.3 Å². The Bertz CT molecular complexity index is 946. The number of para-hydroxylation sites is 1. The van der Waals surface area contributed by atoms with Crippen LogP contribution in [0.25, 0.3) is 0 Å². The second-order valence-electron chi connectivity index (χ2n) is 6.54. The van der Waals surface area contributed by atoms with Crippen molar-refractivity contribution in [3.05, 3.63) is 60.2 Å². The molecule has 0 saturated heterocycles. The second-order valence-corrected chi connectivity index (χ2v) is 8.66.